The second-order valence-electron chi connectivity index (χ2n) is 15.8. The van der Waals surface area contributed by atoms with Crippen molar-refractivity contribution < 1.29 is 0 Å². The minimum Gasteiger partial charge on any atom is -0.340 e. The van der Waals surface area contributed by atoms with Crippen LogP contribution in [0.2, 0.25) is 0 Å². The molecule has 0 radical (unpaired) electrons. The van der Waals surface area contributed by atoms with E-state index in [9.17, 15) is 0 Å². The molecule has 1 aliphatic heterocycles. The standard InChI is InChI=1S/C50H46N2/c1-34-23-26-45-48(29-34)52(42-20-12-18-38(31-42)36-15-7-4-8-16-36)49-33-40(27-28-50(45,49)2)39-24-25-44-43-21-9-10-22-46(43)51(47(44)32-39)41-19-11-17-37(30-41)35-13-5-3-6-14-35/h3-9,11-21,23-28,30,33-34,38-39,49H,10,22,29,31-32H2,1-2H3. The number of nitrogens with zero attached hydrogens (tertiary/aromatic N) is 2. The average Bonchev–Trinajstić information content (AvgIpc) is 3.66. The van der Waals surface area contributed by atoms with E-state index in [1.165, 1.54) is 67.4 Å². The normalized spacial score (nSPS) is 26.8. The van der Waals surface area contributed by atoms with Crippen molar-refractivity contribution in [3.8, 4) is 16.8 Å². The molecule has 0 spiro atoms. The molecule has 0 fully saturated rings. The van der Waals surface area contributed by atoms with Crippen molar-refractivity contribution >= 4 is 12.2 Å². The van der Waals surface area contributed by atoms with E-state index in [4.69, 9.17) is 0 Å². The zero-order valence-electron chi connectivity index (χ0n) is 30.3. The number of aromatic nitrogens is 1. The summed E-state index contributed by atoms with van der Waals surface area (Å²) in [6.45, 7) is 4.84. The second kappa shape index (κ2) is 12.4. The van der Waals surface area contributed by atoms with Crippen LogP contribution in [0.5, 0.6) is 0 Å². The van der Waals surface area contributed by atoms with Gasteiger partial charge in [-0.25, -0.2) is 0 Å². The van der Waals surface area contributed by atoms with E-state index in [2.05, 4.69) is 181 Å². The Morgan fingerprint density at radius 3 is 2.38 bits per heavy atom. The lowest BCUT2D eigenvalue weighted by atomic mass is 9.70. The molecular weight excluding hydrogens is 629 g/mol. The topological polar surface area (TPSA) is 8.17 Å². The Bertz CT molecular complexity index is 2320. The van der Waals surface area contributed by atoms with Gasteiger partial charge in [-0.15, -0.1) is 0 Å². The summed E-state index contributed by atoms with van der Waals surface area (Å²) in [5.41, 5.74) is 16.8. The van der Waals surface area contributed by atoms with E-state index in [-0.39, 0.29) is 11.5 Å². The summed E-state index contributed by atoms with van der Waals surface area (Å²) in [5.74, 6) is 1.25. The maximum Gasteiger partial charge on any atom is 0.0651 e. The molecule has 52 heavy (non-hydrogen) atoms. The lowest BCUT2D eigenvalue weighted by molar-refractivity contribution is 0.279. The van der Waals surface area contributed by atoms with Gasteiger partial charge in [0.05, 0.1) is 6.04 Å². The van der Waals surface area contributed by atoms with Gasteiger partial charge in [0.15, 0.2) is 0 Å². The first kappa shape index (κ1) is 31.4. The van der Waals surface area contributed by atoms with Gasteiger partial charge in [-0.3, -0.25) is 0 Å². The molecule has 10 rings (SSSR count). The van der Waals surface area contributed by atoms with E-state index in [1.54, 1.807) is 0 Å². The third kappa shape index (κ3) is 5.06. The Kier molecular flexibility index (Phi) is 7.49. The third-order valence-corrected chi connectivity index (χ3v) is 12.6. The van der Waals surface area contributed by atoms with Crippen LogP contribution in [0.1, 0.15) is 67.1 Å². The van der Waals surface area contributed by atoms with E-state index in [0.717, 1.165) is 32.1 Å². The molecule has 2 nitrogen and oxygen atoms in total. The Morgan fingerprint density at radius 1 is 0.712 bits per heavy atom. The minimum absolute atomic E-state index is 0.0642. The molecule has 2 heteroatoms. The number of fused-ring (bicyclic) bond motifs is 5. The third-order valence-electron chi connectivity index (χ3n) is 12.6. The SMILES string of the molecule is CC1C=CC2=C(C1)N(C1=CC=CC(c3ccccc3)C1)C1C=C(C3C=Cc4c5c(n(-c6cccc(-c7ccccc7)c6)c4C3)CCC=C5)C=CC21C. The van der Waals surface area contributed by atoms with E-state index >= 15 is 0 Å². The van der Waals surface area contributed by atoms with Gasteiger partial charge in [-0.2, -0.15) is 0 Å². The fraction of sp³-hybridized carbons (Fsp3) is 0.240. The Morgan fingerprint density at radius 2 is 1.52 bits per heavy atom. The molecule has 4 aromatic rings. The molecule has 3 aromatic carbocycles. The highest BCUT2D eigenvalue weighted by Crippen LogP contribution is 2.55. The van der Waals surface area contributed by atoms with Crippen LogP contribution in [0.4, 0.5) is 0 Å². The molecule has 256 valence electrons. The van der Waals surface area contributed by atoms with Crippen LogP contribution in [0, 0.1) is 17.3 Å². The van der Waals surface area contributed by atoms with Gasteiger partial charge in [-0.05, 0) is 91.0 Å². The van der Waals surface area contributed by atoms with E-state index in [1.807, 2.05) is 0 Å². The van der Waals surface area contributed by atoms with Crippen molar-refractivity contribution in [3.05, 3.63) is 196 Å². The number of hydrogen-bond acceptors (Lipinski definition) is 1. The summed E-state index contributed by atoms with van der Waals surface area (Å²) < 4.78 is 2.62. The number of allylic oxidation sites excluding steroid dienone is 11. The molecule has 2 heterocycles. The zero-order valence-corrected chi connectivity index (χ0v) is 30.3. The minimum atomic E-state index is -0.0642. The van der Waals surface area contributed by atoms with Crippen molar-refractivity contribution in [2.24, 2.45) is 17.3 Å². The summed E-state index contributed by atoms with van der Waals surface area (Å²) in [4.78, 5) is 2.76. The first-order valence-electron chi connectivity index (χ1n) is 19.4. The smallest absolute Gasteiger partial charge is 0.0651 e. The Balaban J connectivity index is 1.02. The summed E-state index contributed by atoms with van der Waals surface area (Å²) >= 11 is 0. The van der Waals surface area contributed by atoms with Crippen LogP contribution in [-0.4, -0.2) is 15.5 Å². The highest BCUT2D eigenvalue weighted by molar-refractivity contribution is 5.75. The first-order chi connectivity index (χ1) is 25.5. The van der Waals surface area contributed by atoms with Gasteiger partial charge in [0.25, 0.3) is 0 Å². The average molecular weight is 675 g/mol. The van der Waals surface area contributed by atoms with Crippen molar-refractivity contribution in [1.82, 2.24) is 9.47 Å². The van der Waals surface area contributed by atoms with Gasteiger partial charge >= 0.3 is 0 Å². The molecule has 0 bridgehead atoms. The van der Waals surface area contributed by atoms with Crippen LogP contribution in [0.25, 0.3) is 29.0 Å². The predicted molar refractivity (Wildman–Crippen MR) is 217 cm³/mol. The molecule has 5 unspecified atom stereocenters. The molecule has 1 aromatic heterocycles. The fourth-order valence-electron chi connectivity index (χ4n) is 9.91. The van der Waals surface area contributed by atoms with Crippen molar-refractivity contribution in [1.29, 1.82) is 0 Å². The lowest BCUT2D eigenvalue weighted by Crippen LogP contribution is -2.40. The molecule has 0 amide bonds. The molecule has 0 N–H and O–H groups in total. The van der Waals surface area contributed by atoms with Crippen LogP contribution in [0.3, 0.4) is 0 Å². The van der Waals surface area contributed by atoms with Crippen LogP contribution in [0.15, 0.2) is 168 Å². The van der Waals surface area contributed by atoms with Gasteiger partial charge in [0.2, 0.25) is 0 Å². The number of rotatable bonds is 5. The van der Waals surface area contributed by atoms with Crippen molar-refractivity contribution in [2.75, 3.05) is 0 Å². The molecule has 5 aliphatic carbocycles. The quantitative estimate of drug-likeness (QED) is 0.205. The second-order valence-corrected chi connectivity index (χ2v) is 15.8. The van der Waals surface area contributed by atoms with Gasteiger partial charge in [-0.1, -0.05) is 147 Å². The maximum atomic E-state index is 2.76. The predicted octanol–water partition coefficient (Wildman–Crippen LogP) is 12.0. The molecule has 0 saturated carbocycles. The van der Waals surface area contributed by atoms with Gasteiger partial charge in [0, 0.05) is 56.8 Å². The number of benzene rings is 3. The highest BCUT2D eigenvalue weighted by Gasteiger charge is 2.49. The summed E-state index contributed by atoms with van der Waals surface area (Å²) in [5, 5.41) is 0. The monoisotopic (exact) mass is 674 g/mol. The molecule has 5 atom stereocenters. The van der Waals surface area contributed by atoms with E-state index < -0.39 is 0 Å². The largest absolute Gasteiger partial charge is 0.340 e. The molecular formula is C50H46N2. The highest BCUT2D eigenvalue weighted by atomic mass is 15.2. The lowest BCUT2D eigenvalue weighted by Gasteiger charge is -2.40. The van der Waals surface area contributed by atoms with Crippen LogP contribution in [-0.2, 0) is 12.8 Å². The van der Waals surface area contributed by atoms with Gasteiger partial charge < -0.3 is 9.47 Å². The number of hydrogen-bond donors (Lipinski definition) is 0. The molecule has 0 saturated heterocycles. The van der Waals surface area contributed by atoms with Crippen LogP contribution >= 0.6 is 0 Å². The summed E-state index contributed by atoms with van der Waals surface area (Å²) in [6, 6.07) is 31.3. The Labute approximate surface area is 308 Å². The first-order valence-corrected chi connectivity index (χ1v) is 19.4. The Hall–Kier alpha value is -5.34. The summed E-state index contributed by atoms with van der Waals surface area (Å²) in [7, 11) is 0. The van der Waals surface area contributed by atoms with Gasteiger partial charge in [0.1, 0.15) is 0 Å². The van der Waals surface area contributed by atoms with Crippen molar-refractivity contribution in [2.45, 2.75) is 57.9 Å². The zero-order chi connectivity index (χ0) is 34.8. The van der Waals surface area contributed by atoms with Crippen molar-refractivity contribution in [3.63, 3.8) is 0 Å². The van der Waals surface area contributed by atoms with Crippen LogP contribution < -0.4 is 0 Å². The maximum absolute atomic E-state index is 2.76. The van der Waals surface area contributed by atoms with E-state index in [0.29, 0.717) is 17.8 Å². The summed E-state index contributed by atoms with van der Waals surface area (Å²) in [6.07, 6.45) is 34.6. The fourth-order valence-corrected chi connectivity index (χ4v) is 9.91. The molecule has 6 aliphatic rings.